The molecular weight excluding hydrogens is 116 g/mol. The molecule has 0 bridgehead atoms. The van der Waals surface area contributed by atoms with Gasteiger partial charge < -0.3 is 11.5 Å². The number of hydrogen-bond acceptors (Lipinski definition) is 3. The quantitative estimate of drug-likeness (QED) is 0.343. The number of rotatable bonds is 2. The molecule has 9 heavy (non-hydrogen) atoms. The van der Waals surface area contributed by atoms with Crippen molar-refractivity contribution in [3.05, 3.63) is 12.3 Å². The van der Waals surface area contributed by atoms with Gasteiger partial charge in [-0.1, -0.05) is 6.58 Å². The molecule has 0 aromatic heterocycles. The predicted octanol–water partition coefficient (Wildman–Crippen LogP) is -0.534. The highest BCUT2D eigenvalue weighted by atomic mass is 14.9. The monoisotopic (exact) mass is 126 g/mol. The summed E-state index contributed by atoms with van der Waals surface area (Å²) in [5.41, 5.74) is 10.5. The van der Waals surface area contributed by atoms with Crippen molar-refractivity contribution in [2.24, 2.45) is 16.5 Å². The molecule has 0 fully saturated rings. The fourth-order valence-corrected chi connectivity index (χ4v) is 0.276. The summed E-state index contributed by atoms with van der Waals surface area (Å²) in [5.74, 6) is 0.113. The summed E-state index contributed by atoms with van der Waals surface area (Å²) in [6, 6.07) is 0. The Balaban J connectivity index is 4.23. The first kappa shape index (κ1) is 7.68. The van der Waals surface area contributed by atoms with E-state index in [4.69, 9.17) is 16.9 Å². The van der Waals surface area contributed by atoms with E-state index < -0.39 is 0 Å². The summed E-state index contributed by atoms with van der Waals surface area (Å²) in [6.45, 7) is 3.32. The Labute approximate surface area is 53.8 Å². The molecule has 0 heterocycles. The number of aliphatic imine (C=N–C) groups is 1. The van der Waals surface area contributed by atoms with E-state index in [2.05, 4.69) is 11.6 Å². The minimum absolute atomic E-state index is 0.00231. The molecule has 0 aliphatic heterocycles. The lowest BCUT2D eigenvalue weighted by Gasteiger charge is -1.98. The minimum Gasteiger partial charge on any atom is -0.397 e. The van der Waals surface area contributed by atoms with Crippen LogP contribution in [-0.2, 0) is 0 Å². The molecule has 0 radical (unpaired) electrons. The number of amidine groups is 1. The maximum absolute atomic E-state index is 7.07. The first-order valence-electron chi connectivity index (χ1n) is 2.35. The van der Waals surface area contributed by atoms with Gasteiger partial charge in [0.15, 0.2) is 0 Å². The number of nitrogens with two attached hydrogens (primary N) is 2. The third-order valence-corrected chi connectivity index (χ3v) is 0.818. The Bertz CT molecular complexity index is 168. The van der Waals surface area contributed by atoms with Gasteiger partial charge in [0, 0.05) is 7.05 Å². The fraction of sp³-hybridized carbons (Fsp3) is 0.200. The Morgan fingerprint density at radius 2 is 2.00 bits per heavy atom. The van der Waals surface area contributed by atoms with Crippen molar-refractivity contribution in [3.8, 4) is 0 Å². The molecule has 0 amide bonds. The molecule has 0 unspecified atom stereocenters. The van der Waals surface area contributed by atoms with E-state index in [0.29, 0.717) is 0 Å². The van der Waals surface area contributed by atoms with Crippen molar-refractivity contribution >= 4 is 11.5 Å². The lowest BCUT2D eigenvalue weighted by molar-refractivity contribution is 1.38. The van der Waals surface area contributed by atoms with Crippen LogP contribution >= 0.6 is 0 Å². The second kappa shape index (κ2) is 2.86. The summed E-state index contributed by atoms with van der Waals surface area (Å²) in [5, 5.41) is 7.07. The van der Waals surface area contributed by atoms with E-state index in [-0.39, 0.29) is 17.2 Å². The van der Waals surface area contributed by atoms with Gasteiger partial charge >= 0.3 is 0 Å². The highest BCUT2D eigenvalue weighted by molar-refractivity contribution is 6.45. The van der Waals surface area contributed by atoms with E-state index >= 15 is 0 Å². The van der Waals surface area contributed by atoms with Gasteiger partial charge in [-0.3, -0.25) is 10.4 Å². The molecule has 4 heteroatoms. The van der Waals surface area contributed by atoms with Crippen LogP contribution in [0.2, 0.25) is 0 Å². The topological polar surface area (TPSA) is 88.2 Å². The van der Waals surface area contributed by atoms with Gasteiger partial charge in [0.2, 0.25) is 0 Å². The van der Waals surface area contributed by atoms with Gasteiger partial charge in [-0.25, -0.2) is 0 Å². The third kappa shape index (κ3) is 1.94. The third-order valence-electron chi connectivity index (χ3n) is 0.818. The number of hydrogen-bond donors (Lipinski definition) is 3. The largest absolute Gasteiger partial charge is 0.397 e. The summed E-state index contributed by atoms with van der Waals surface area (Å²) in [4.78, 5) is 3.54. The second-order valence-electron chi connectivity index (χ2n) is 1.51. The molecule has 0 aliphatic rings. The van der Waals surface area contributed by atoms with Crippen molar-refractivity contribution in [1.29, 1.82) is 5.41 Å². The summed E-state index contributed by atoms with van der Waals surface area (Å²) >= 11 is 0. The van der Waals surface area contributed by atoms with Crippen LogP contribution in [-0.4, -0.2) is 18.6 Å². The summed E-state index contributed by atoms with van der Waals surface area (Å²) in [6.07, 6.45) is 0. The zero-order valence-electron chi connectivity index (χ0n) is 5.31. The first-order valence-corrected chi connectivity index (χ1v) is 2.35. The molecule has 0 aliphatic carbocycles. The molecule has 0 saturated heterocycles. The Morgan fingerprint density at radius 1 is 1.56 bits per heavy atom. The molecule has 0 aromatic carbocycles. The Morgan fingerprint density at radius 3 is 2.11 bits per heavy atom. The molecule has 0 aromatic rings. The fourth-order valence-electron chi connectivity index (χ4n) is 0.276. The molecule has 0 atom stereocenters. The van der Waals surface area contributed by atoms with E-state index in [0.717, 1.165) is 0 Å². The zero-order chi connectivity index (χ0) is 7.44. The van der Waals surface area contributed by atoms with Crippen LogP contribution in [0.3, 0.4) is 0 Å². The van der Waals surface area contributed by atoms with Crippen LogP contribution in [0.25, 0.3) is 0 Å². The van der Waals surface area contributed by atoms with Crippen molar-refractivity contribution in [2.75, 3.05) is 7.05 Å². The van der Waals surface area contributed by atoms with E-state index in [1.165, 1.54) is 7.05 Å². The standard InChI is InChI=1S/C5H10N4/c1-3(6)4(7)5(8)9-2/h7H,1,6H2,2H3,(H2,8,9). The average molecular weight is 126 g/mol. The predicted molar refractivity (Wildman–Crippen MR) is 38.6 cm³/mol. The van der Waals surface area contributed by atoms with Gasteiger partial charge in [0.25, 0.3) is 0 Å². The Kier molecular flexibility index (Phi) is 2.44. The van der Waals surface area contributed by atoms with Crippen LogP contribution in [0.15, 0.2) is 17.3 Å². The molecule has 50 valence electrons. The van der Waals surface area contributed by atoms with Crippen LogP contribution in [0.4, 0.5) is 0 Å². The number of nitrogens with zero attached hydrogens (tertiary/aromatic N) is 1. The van der Waals surface area contributed by atoms with Crippen LogP contribution in [0.5, 0.6) is 0 Å². The minimum atomic E-state index is -0.00231. The second-order valence-corrected chi connectivity index (χ2v) is 1.51. The van der Waals surface area contributed by atoms with Gasteiger partial charge in [0.1, 0.15) is 11.5 Å². The van der Waals surface area contributed by atoms with Gasteiger partial charge in [0.05, 0.1) is 5.70 Å². The molecule has 4 nitrogen and oxygen atoms in total. The van der Waals surface area contributed by atoms with Crippen molar-refractivity contribution in [2.45, 2.75) is 0 Å². The van der Waals surface area contributed by atoms with Gasteiger partial charge in [-0.15, -0.1) is 0 Å². The number of nitrogens with one attached hydrogen (secondary N) is 1. The van der Waals surface area contributed by atoms with Crippen LogP contribution in [0.1, 0.15) is 0 Å². The SMILES string of the molecule is C=C(N)C(=N)C(N)=NC. The van der Waals surface area contributed by atoms with Gasteiger partial charge in [-0.05, 0) is 0 Å². The van der Waals surface area contributed by atoms with Crippen LogP contribution in [0, 0.1) is 5.41 Å². The van der Waals surface area contributed by atoms with Crippen LogP contribution < -0.4 is 11.5 Å². The summed E-state index contributed by atoms with van der Waals surface area (Å²) in [7, 11) is 1.49. The molecule has 0 rings (SSSR count). The maximum Gasteiger partial charge on any atom is 0.145 e. The van der Waals surface area contributed by atoms with Crippen molar-refractivity contribution < 1.29 is 0 Å². The molecular formula is C5H10N4. The lowest BCUT2D eigenvalue weighted by atomic mass is 10.3. The summed E-state index contributed by atoms with van der Waals surface area (Å²) < 4.78 is 0. The highest BCUT2D eigenvalue weighted by Gasteiger charge is 2.00. The molecule has 5 N–H and O–H groups in total. The molecule has 0 saturated carbocycles. The van der Waals surface area contributed by atoms with E-state index in [1.54, 1.807) is 0 Å². The van der Waals surface area contributed by atoms with Crippen molar-refractivity contribution in [1.82, 2.24) is 0 Å². The zero-order valence-corrected chi connectivity index (χ0v) is 5.31. The Hall–Kier alpha value is -1.32. The average Bonchev–Trinajstić information content (AvgIpc) is 1.84. The lowest BCUT2D eigenvalue weighted by Crippen LogP contribution is -2.27. The normalized spacial score (nSPS) is 11.0. The smallest absolute Gasteiger partial charge is 0.145 e. The van der Waals surface area contributed by atoms with E-state index in [9.17, 15) is 0 Å². The van der Waals surface area contributed by atoms with E-state index in [1.807, 2.05) is 0 Å². The van der Waals surface area contributed by atoms with Gasteiger partial charge in [-0.2, -0.15) is 0 Å². The van der Waals surface area contributed by atoms with Crippen molar-refractivity contribution in [3.63, 3.8) is 0 Å². The molecule has 0 spiro atoms. The highest BCUT2D eigenvalue weighted by Crippen LogP contribution is 1.81. The first-order chi connectivity index (χ1) is 4.09. The maximum atomic E-state index is 7.07.